The Balaban J connectivity index is 1.76. The van der Waals surface area contributed by atoms with Gasteiger partial charge in [-0.15, -0.1) is 0 Å². The van der Waals surface area contributed by atoms with Gasteiger partial charge in [-0.05, 0) is 37.3 Å². The van der Waals surface area contributed by atoms with E-state index in [1.807, 2.05) is 43.3 Å². The second kappa shape index (κ2) is 6.85. The lowest BCUT2D eigenvalue weighted by Gasteiger charge is -2.09. The van der Waals surface area contributed by atoms with E-state index in [2.05, 4.69) is 10.4 Å². The minimum atomic E-state index is -0.752. The zero-order valence-corrected chi connectivity index (χ0v) is 14.8. The molecule has 0 spiro atoms. The molecule has 0 aliphatic rings. The van der Waals surface area contributed by atoms with Gasteiger partial charge in [-0.3, -0.25) is 4.79 Å². The minimum absolute atomic E-state index is 0.150. The van der Waals surface area contributed by atoms with Gasteiger partial charge in [0.1, 0.15) is 22.8 Å². The van der Waals surface area contributed by atoms with Crippen molar-refractivity contribution in [3.8, 4) is 11.8 Å². The zero-order valence-electron chi connectivity index (χ0n) is 14.8. The van der Waals surface area contributed by atoms with E-state index in [0.29, 0.717) is 16.7 Å². The highest BCUT2D eigenvalue weighted by molar-refractivity contribution is 6.05. The summed E-state index contributed by atoms with van der Waals surface area (Å²) in [7, 11) is 0. The maximum absolute atomic E-state index is 12.8. The number of para-hydroxylation sites is 1. The Morgan fingerprint density at radius 2 is 1.96 bits per heavy atom. The molecule has 0 aliphatic heterocycles. The van der Waals surface area contributed by atoms with Crippen LogP contribution in [0.4, 0.5) is 5.82 Å². The number of amides is 1. The molecule has 7 nitrogen and oxygen atoms in total. The van der Waals surface area contributed by atoms with Gasteiger partial charge in [0, 0.05) is 5.39 Å². The van der Waals surface area contributed by atoms with E-state index in [-0.39, 0.29) is 16.9 Å². The molecule has 7 heteroatoms. The van der Waals surface area contributed by atoms with Crippen LogP contribution >= 0.6 is 0 Å². The molecule has 0 radical (unpaired) electrons. The SMILES string of the molecule is Cc1ccc2oc(=O)c(C(=O)Nc3c(C#N)cnn3-c3ccccc3)cc2c1. The smallest absolute Gasteiger partial charge is 0.349 e. The van der Waals surface area contributed by atoms with Crippen molar-refractivity contribution in [2.24, 2.45) is 0 Å². The van der Waals surface area contributed by atoms with E-state index in [9.17, 15) is 14.9 Å². The van der Waals surface area contributed by atoms with Crippen molar-refractivity contribution < 1.29 is 9.21 Å². The summed E-state index contributed by atoms with van der Waals surface area (Å²) in [5.74, 6) is -0.492. The zero-order chi connectivity index (χ0) is 19.7. The van der Waals surface area contributed by atoms with Gasteiger partial charge in [-0.2, -0.15) is 10.4 Å². The topological polar surface area (TPSA) is 101 Å². The molecule has 0 saturated carbocycles. The van der Waals surface area contributed by atoms with Crippen LogP contribution in [0.2, 0.25) is 0 Å². The van der Waals surface area contributed by atoms with Crippen molar-refractivity contribution >= 4 is 22.7 Å². The highest BCUT2D eigenvalue weighted by Gasteiger charge is 2.19. The molecule has 4 rings (SSSR count). The molecule has 2 aromatic carbocycles. The summed E-state index contributed by atoms with van der Waals surface area (Å²) in [5, 5.41) is 16.8. The number of aryl methyl sites for hydroxylation is 1. The molecule has 0 aliphatic carbocycles. The Morgan fingerprint density at radius 3 is 2.71 bits per heavy atom. The molecule has 4 aromatic rings. The summed E-state index contributed by atoms with van der Waals surface area (Å²) in [6, 6.07) is 17.9. The first kappa shape index (κ1) is 17.2. The van der Waals surface area contributed by atoms with E-state index in [1.165, 1.54) is 16.9 Å². The van der Waals surface area contributed by atoms with Crippen LogP contribution in [0.3, 0.4) is 0 Å². The first-order valence-electron chi connectivity index (χ1n) is 8.46. The van der Waals surface area contributed by atoms with Crippen LogP contribution in [0.15, 0.2) is 70.0 Å². The monoisotopic (exact) mass is 370 g/mol. The first-order valence-corrected chi connectivity index (χ1v) is 8.46. The van der Waals surface area contributed by atoms with E-state index in [0.717, 1.165) is 5.56 Å². The quantitative estimate of drug-likeness (QED) is 0.557. The van der Waals surface area contributed by atoms with E-state index in [4.69, 9.17) is 4.42 Å². The number of fused-ring (bicyclic) bond motifs is 1. The highest BCUT2D eigenvalue weighted by atomic mass is 16.4. The van der Waals surface area contributed by atoms with Crippen molar-refractivity contribution in [1.82, 2.24) is 9.78 Å². The van der Waals surface area contributed by atoms with Crippen LogP contribution in [0.25, 0.3) is 16.7 Å². The van der Waals surface area contributed by atoms with E-state index < -0.39 is 11.5 Å². The van der Waals surface area contributed by atoms with Crippen molar-refractivity contribution in [3.63, 3.8) is 0 Å². The van der Waals surface area contributed by atoms with Crippen molar-refractivity contribution in [1.29, 1.82) is 5.26 Å². The standard InChI is InChI=1S/C21H14N4O3/c1-13-7-8-18-14(9-13)10-17(21(27)28-18)20(26)24-19-15(11-22)12-23-25(19)16-5-3-2-4-6-16/h2-10,12H,1H3,(H,24,26). The third kappa shape index (κ3) is 3.04. The largest absolute Gasteiger partial charge is 0.422 e. The average molecular weight is 370 g/mol. The third-order valence-electron chi connectivity index (χ3n) is 4.25. The van der Waals surface area contributed by atoms with Gasteiger partial charge in [-0.25, -0.2) is 9.48 Å². The molecule has 28 heavy (non-hydrogen) atoms. The van der Waals surface area contributed by atoms with Gasteiger partial charge in [0.25, 0.3) is 5.91 Å². The highest BCUT2D eigenvalue weighted by Crippen LogP contribution is 2.21. The molecule has 2 heterocycles. The van der Waals surface area contributed by atoms with Crippen LogP contribution in [-0.2, 0) is 0 Å². The van der Waals surface area contributed by atoms with E-state index >= 15 is 0 Å². The van der Waals surface area contributed by atoms with E-state index in [1.54, 1.807) is 18.2 Å². The van der Waals surface area contributed by atoms with Crippen molar-refractivity contribution in [3.05, 3.63) is 87.9 Å². The van der Waals surface area contributed by atoms with Gasteiger partial charge >= 0.3 is 5.63 Å². The summed E-state index contributed by atoms with van der Waals surface area (Å²) in [5.41, 5.74) is 1.32. The number of nitrogens with one attached hydrogen (secondary N) is 1. The predicted octanol–water partition coefficient (Wildman–Crippen LogP) is 3.41. The van der Waals surface area contributed by atoms with Crippen LogP contribution in [0.1, 0.15) is 21.5 Å². The fraction of sp³-hybridized carbons (Fsp3) is 0.0476. The summed E-state index contributed by atoms with van der Waals surface area (Å²) in [4.78, 5) is 25.1. The van der Waals surface area contributed by atoms with Crippen LogP contribution in [-0.4, -0.2) is 15.7 Å². The molecule has 1 amide bonds. The van der Waals surface area contributed by atoms with Crippen LogP contribution in [0.5, 0.6) is 0 Å². The summed E-state index contributed by atoms with van der Waals surface area (Å²) in [6.45, 7) is 1.90. The Morgan fingerprint density at radius 1 is 1.18 bits per heavy atom. The number of hydrogen-bond acceptors (Lipinski definition) is 5. The lowest BCUT2D eigenvalue weighted by Crippen LogP contribution is -2.22. The summed E-state index contributed by atoms with van der Waals surface area (Å²) >= 11 is 0. The number of benzene rings is 2. The maximum Gasteiger partial charge on any atom is 0.349 e. The fourth-order valence-corrected chi connectivity index (χ4v) is 2.89. The Kier molecular flexibility index (Phi) is 4.22. The van der Waals surface area contributed by atoms with Crippen LogP contribution < -0.4 is 10.9 Å². The number of carbonyl (C=O) groups excluding carboxylic acids is 1. The number of nitrogens with zero attached hydrogens (tertiary/aromatic N) is 3. The maximum atomic E-state index is 12.8. The summed E-state index contributed by atoms with van der Waals surface area (Å²) < 4.78 is 6.69. The molecule has 0 fully saturated rings. The third-order valence-corrected chi connectivity index (χ3v) is 4.25. The normalized spacial score (nSPS) is 10.6. The molecule has 2 aromatic heterocycles. The molecule has 0 saturated heterocycles. The van der Waals surface area contributed by atoms with Crippen molar-refractivity contribution in [2.45, 2.75) is 6.92 Å². The minimum Gasteiger partial charge on any atom is -0.422 e. The second-order valence-electron chi connectivity index (χ2n) is 6.21. The Bertz CT molecular complexity index is 1300. The number of carbonyl (C=O) groups is 1. The van der Waals surface area contributed by atoms with Gasteiger partial charge in [-0.1, -0.05) is 29.8 Å². The molecule has 1 N–H and O–H groups in total. The first-order chi connectivity index (χ1) is 13.6. The Hall–Kier alpha value is -4.18. The molecule has 0 bridgehead atoms. The van der Waals surface area contributed by atoms with Crippen LogP contribution in [0, 0.1) is 18.3 Å². The fourth-order valence-electron chi connectivity index (χ4n) is 2.89. The number of rotatable bonds is 3. The average Bonchev–Trinajstić information content (AvgIpc) is 3.11. The number of nitriles is 1. The van der Waals surface area contributed by atoms with Gasteiger partial charge in [0.15, 0.2) is 5.82 Å². The Labute approximate surface area is 159 Å². The van der Waals surface area contributed by atoms with Gasteiger partial charge < -0.3 is 9.73 Å². The molecular weight excluding hydrogens is 356 g/mol. The number of aromatic nitrogens is 2. The lowest BCUT2D eigenvalue weighted by atomic mass is 10.1. The summed E-state index contributed by atoms with van der Waals surface area (Å²) in [6.07, 6.45) is 1.36. The lowest BCUT2D eigenvalue weighted by molar-refractivity contribution is 0.102. The molecular formula is C21H14N4O3. The van der Waals surface area contributed by atoms with Gasteiger partial charge in [0.2, 0.25) is 0 Å². The second-order valence-corrected chi connectivity index (χ2v) is 6.21. The predicted molar refractivity (Wildman–Crippen MR) is 103 cm³/mol. The number of anilines is 1. The molecule has 0 atom stereocenters. The molecule has 136 valence electrons. The van der Waals surface area contributed by atoms with Gasteiger partial charge in [0.05, 0.1) is 11.9 Å². The number of hydrogen-bond donors (Lipinski definition) is 1. The van der Waals surface area contributed by atoms with Crippen molar-refractivity contribution in [2.75, 3.05) is 5.32 Å². The molecule has 0 unspecified atom stereocenters.